The third-order valence-corrected chi connectivity index (χ3v) is 5.17. The predicted octanol–water partition coefficient (Wildman–Crippen LogP) is 2.39. The Morgan fingerprint density at radius 1 is 1.62 bits per heavy atom. The minimum atomic E-state index is -0.934. The topological polar surface area (TPSA) is 58.6 Å². The average molecular weight is 311 g/mol. The highest BCUT2D eigenvalue weighted by Crippen LogP contribution is 2.32. The van der Waals surface area contributed by atoms with E-state index in [4.69, 9.17) is 4.74 Å². The number of ether oxygens (including phenoxy) is 1. The van der Waals surface area contributed by atoms with E-state index in [2.05, 4.69) is 12.2 Å². The number of carbonyl (C=O) groups is 1. The quantitative estimate of drug-likeness (QED) is 0.848. The van der Waals surface area contributed by atoms with Gasteiger partial charge in [0.05, 0.1) is 11.2 Å². The SMILES string of the molecule is COCCC(C)(O)CNC(=O)c1csc2c1CCC(C)C2. The van der Waals surface area contributed by atoms with Gasteiger partial charge in [0.25, 0.3) is 5.91 Å². The molecule has 1 aliphatic rings. The summed E-state index contributed by atoms with van der Waals surface area (Å²) in [5, 5.41) is 15.0. The molecule has 2 N–H and O–H groups in total. The molecular weight excluding hydrogens is 286 g/mol. The van der Waals surface area contributed by atoms with Crippen LogP contribution in [0.15, 0.2) is 5.38 Å². The molecular formula is C16H25NO3S. The molecule has 0 saturated heterocycles. The van der Waals surface area contributed by atoms with Crippen molar-refractivity contribution in [3.8, 4) is 0 Å². The molecule has 0 spiro atoms. The Hall–Kier alpha value is -0.910. The maximum Gasteiger partial charge on any atom is 0.252 e. The first-order chi connectivity index (χ1) is 9.93. The lowest BCUT2D eigenvalue weighted by atomic mass is 9.88. The van der Waals surface area contributed by atoms with Gasteiger partial charge in [-0.2, -0.15) is 0 Å². The number of fused-ring (bicyclic) bond motifs is 1. The van der Waals surface area contributed by atoms with Crippen molar-refractivity contribution in [2.45, 2.75) is 45.1 Å². The zero-order valence-electron chi connectivity index (χ0n) is 13.1. The van der Waals surface area contributed by atoms with Crippen LogP contribution in [0.1, 0.15) is 47.5 Å². The summed E-state index contributed by atoms with van der Waals surface area (Å²) in [6.45, 7) is 4.71. The van der Waals surface area contributed by atoms with Gasteiger partial charge >= 0.3 is 0 Å². The Labute approximate surface area is 130 Å². The summed E-state index contributed by atoms with van der Waals surface area (Å²) in [4.78, 5) is 13.7. The van der Waals surface area contributed by atoms with E-state index in [1.165, 1.54) is 10.4 Å². The molecule has 21 heavy (non-hydrogen) atoms. The van der Waals surface area contributed by atoms with Crippen LogP contribution < -0.4 is 5.32 Å². The zero-order chi connectivity index (χ0) is 15.5. The van der Waals surface area contributed by atoms with Gasteiger partial charge in [-0.3, -0.25) is 4.79 Å². The Morgan fingerprint density at radius 2 is 2.38 bits per heavy atom. The van der Waals surface area contributed by atoms with E-state index in [9.17, 15) is 9.90 Å². The molecule has 4 nitrogen and oxygen atoms in total. The van der Waals surface area contributed by atoms with Crippen LogP contribution in [0.2, 0.25) is 0 Å². The van der Waals surface area contributed by atoms with Gasteiger partial charge in [0.1, 0.15) is 0 Å². The van der Waals surface area contributed by atoms with Gasteiger partial charge in [0.15, 0.2) is 0 Å². The minimum Gasteiger partial charge on any atom is -0.388 e. The third kappa shape index (κ3) is 4.28. The second-order valence-electron chi connectivity index (χ2n) is 6.32. The summed E-state index contributed by atoms with van der Waals surface area (Å²) in [5.74, 6) is 0.640. The van der Waals surface area contributed by atoms with E-state index in [-0.39, 0.29) is 12.5 Å². The summed E-state index contributed by atoms with van der Waals surface area (Å²) in [6, 6.07) is 0. The van der Waals surface area contributed by atoms with Crippen molar-refractivity contribution >= 4 is 17.2 Å². The molecule has 1 aromatic rings. The Bertz CT molecular complexity index is 496. The Morgan fingerprint density at radius 3 is 3.10 bits per heavy atom. The van der Waals surface area contributed by atoms with Crippen molar-refractivity contribution in [3.63, 3.8) is 0 Å². The molecule has 118 valence electrons. The second kappa shape index (κ2) is 6.90. The number of aliphatic hydroxyl groups is 1. The number of hydrogen-bond acceptors (Lipinski definition) is 4. The highest BCUT2D eigenvalue weighted by molar-refractivity contribution is 7.10. The highest BCUT2D eigenvalue weighted by Gasteiger charge is 2.25. The van der Waals surface area contributed by atoms with Gasteiger partial charge in [0.2, 0.25) is 0 Å². The lowest BCUT2D eigenvalue weighted by Gasteiger charge is -2.23. The molecule has 0 saturated carbocycles. The van der Waals surface area contributed by atoms with E-state index < -0.39 is 5.60 Å². The Balaban J connectivity index is 1.95. The van der Waals surface area contributed by atoms with Crippen LogP contribution >= 0.6 is 11.3 Å². The first-order valence-corrected chi connectivity index (χ1v) is 8.39. The second-order valence-corrected chi connectivity index (χ2v) is 7.29. The molecule has 0 fully saturated rings. The van der Waals surface area contributed by atoms with Crippen molar-refractivity contribution < 1.29 is 14.6 Å². The molecule has 0 aromatic carbocycles. The van der Waals surface area contributed by atoms with E-state index in [1.54, 1.807) is 25.4 Å². The first kappa shape index (κ1) is 16.5. The van der Waals surface area contributed by atoms with Crippen molar-refractivity contribution in [1.29, 1.82) is 0 Å². The highest BCUT2D eigenvalue weighted by atomic mass is 32.1. The van der Waals surface area contributed by atoms with Gasteiger partial charge < -0.3 is 15.2 Å². The third-order valence-electron chi connectivity index (χ3n) is 4.12. The number of hydrogen-bond donors (Lipinski definition) is 2. The standard InChI is InChI=1S/C16H25NO3S/c1-11-4-5-12-13(9-21-14(12)8-11)15(18)17-10-16(2,19)6-7-20-3/h9,11,19H,4-8,10H2,1-3H3,(H,17,18). The van der Waals surface area contributed by atoms with Crippen LogP contribution in [0.25, 0.3) is 0 Å². The molecule has 1 aromatic heterocycles. The van der Waals surface area contributed by atoms with Gasteiger partial charge in [-0.15, -0.1) is 11.3 Å². The van der Waals surface area contributed by atoms with E-state index in [0.717, 1.165) is 24.8 Å². The number of carbonyl (C=O) groups excluding carboxylic acids is 1. The fraction of sp³-hybridized carbons (Fsp3) is 0.688. The molecule has 0 aliphatic heterocycles. The molecule has 0 radical (unpaired) electrons. The van der Waals surface area contributed by atoms with E-state index in [0.29, 0.717) is 18.9 Å². The molecule has 1 amide bonds. The van der Waals surface area contributed by atoms with Crippen LogP contribution in [-0.2, 0) is 17.6 Å². The summed E-state index contributed by atoms with van der Waals surface area (Å²) >= 11 is 1.69. The maximum absolute atomic E-state index is 12.3. The predicted molar refractivity (Wildman–Crippen MR) is 85.0 cm³/mol. The van der Waals surface area contributed by atoms with Crippen molar-refractivity contribution in [2.75, 3.05) is 20.3 Å². The number of nitrogens with one attached hydrogen (secondary N) is 1. The Kier molecular flexibility index (Phi) is 5.41. The normalized spacial score (nSPS) is 20.7. The van der Waals surface area contributed by atoms with Gasteiger partial charge in [-0.05, 0) is 37.7 Å². The van der Waals surface area contributed by atoms with E-state index >= 15 is 0 Å². The maximum atomic E-state index is 12.3. The monoisotopic (exact) mass is 311 g/mol. The minimum absolute atomic E-state index is 0.0697. The summed E-state index contributed by atoms with van der Waals surface area (Å²) in [6.07, 6.45) is 3.72. The van der Waals surface area contributed by atoms with Crippen LogP contribution in [0.3, 0.4) is 0 Å². The summed E-state index contributed by atoms with van der Waals surface area (Å²) in [5.41, 5.74) is 1.08. The number of rotatable bonds is 6. The number of thiophene rings is 1. The van der Waals surface area contributed by atoms with Crippen LogP contribution in [0.4, 0.5) is 0 Å². The molecule has 1 aliphatic carbocycles. The van der Waals surface area contributed by atoms with Crippen molar-refractivity contribution in [2.24, 2.45) is 5.92 Å². The van der Waals surface area contributed by atoms with Gasteiger partial charge in [0, 0.05) is 36.9 Å². The van der Waals surface area contributed by atoms with Crippen LogP contribution in [0.5, 0.6) is 0 Å². The molecule has 2 rings (SSSR count). The molecule has 0 bridgehead atoms. The van der Waals surface area contributed by atoms with Gasteiger partial charge in [-0.1, -0.05) is 6.92 Å². The number of methoxy groups -OCH3 is 1. The smallest absolute Gasteiger partial charge is 0.252 e. The fourth-order valence-electron chi connectivity index (χ4n) is 2.64. The largest absolute Gasteiger partial charge is 0.388 e. The molecule has 2 unspecified atom stereocenters. The number of amides is 1. The zero-order valence-corrected chi connectivity index (χ0v) is 13.9. The molecule has 2 atom stereocenters. The summed E-state index contributed by atoms with van der Waals surface area (Å²) < 4.78 is 4.97. The van der Waals surface area contributed by atoms with Crippen molar-refractivity contribution in [3.05, 3.63) is 21.4 Å². The lowest BCUT2D eigenvalue weighted by Crippen LogP contribution is -2.41. The van der Waals surface area contributed by atoms with Crippen molar-refractivity contribution in [1.82, 2.24) is 5.32 Å². The van der Waals surface area contributed by atoms with Crippen LogP contribution in [-0.4, -0.2) is 36.9 Å². The summed E-state index contributed by atoms with van der Waals surface area (Å²) in [7, 11) is 1.60. The first-order valence-electron chi connectivity index (χ1n) is 7.51. The van der Waals surface area contributed by atoms with E-state index in [1.807, 2.05) is 5.38 Å². The van der Waals surface area contributed by atoms with Crippen LogP contribution in [0, 0.1) is 5.92 Å². The lowest BCUT2D eigenvalue weighted by molar-refractivity contribution is 0.0243. The van der Waals surface area contributed by atoms with Gasteiger partial charge in [-0.25, -0.2) is 0 Å². The molecule has 1 heterocycles. The average Bonchev–Trinajstić information content (AvgIpc) is 2.85. The molecule has 5 heteroatoms. The fourth-order valence-corrected chi connectivity index (χ4v) is 3.89.